The highest BCUT2D eigenvalue weighted by Crippen LogP contribution is 2.14. The fraction of sp³-hybridized carbons (Fsp3) is 0. The molecule has 1 heterocycles. The zero-order chi connectivity index (χ0) is 13.0. The lowest BCUT2D eigenvalue weighted by Crippen LogP contribution is -2.09. The largest absolute Gasteiger partial charge is 0.404 e. The summed E-state index contributed by atoms with van der Waals surface area (Å²) in [7, 11) is 0. The molecule has 6 nitrogen and oxygen atoms in total. The lowest BCUT2D eigenvalue weighted by Gasteiger charge is -2.02. The fourth-order valence-corrected chi connectivity index (χ4v) is 1.27. The molecule has 1 aromatic heterocycles. The van der Waals surface area contributed by atoms with Gasteiger partial charge in [-0.2, -0.15) is 0 Å². The van der Waals surface area contributed by atoms with Gasteiger partial charge in [0.15, 0.2) is 0 Å². The number of benzene rings is 1. The van der Waals surface area contributed by atoms with Crippen LogP contribution in [0.25, 0.3) is 0 Å². The number of hydrogen-bond donors (Lipinski definition) is 0. The molecular formula is C12H8N2O4. The fourth-order valence-electron chi connectivity index (χ4n) is 1.27. The van der Waals surface area contributed by atoms with Crippen molar-refractivity contribution in [1.29, 1.82) is 0 Å². The van der Waals surface area contributed by atoms with Crippen LogP contribution in [0, 0.1) is 10.1 Å². The molecule has 0 aliphatic rings. The van der Waals surface area contributed by atoms with Gasteiger partial charge in [0.1, 0.15) is 6.20 Å². The molecule has 2 aromatic rings. The van der Waals surface area contributed by atoms with Crippen LogP contribution in [0.15, 0.2) is 48.7 Å². The second kappa shape index (κ2) is 5.05. The minimum Gasteiger partial charge on any atom is -0.404 e. The van der Waals surface area contributed by atoms with E-state index in [0.29, 0.717) is 5.56 Å². The maximum Gasteiger partial charge on any atom is 0.344 e. The third kappa shape index (κ3) is 2.67. The summed E-state index contributed by atoms with van der Waals surface area (Å²) in [6, 6.07) is 10.9. The van der Waals surface area contributed by atoms with E-state index in [1.54, 1.807) is 30.3 Å². The average molecular weight is 244 g/mol. The zero-order valence-electron chi connectivity index (χ0n) is 9.15. The summed E-state index contributed by atoms with van der Waals surface area (Å²) in [6.07, 6.45) is 1.04. The molecule has 1 aromatic carbocycles. The van der Waals surface area contributed by atoms with Gasteiger partial charge in [-0.25, -0.2) is 9.78 Å². The van der Waals surface area contributed by atoms with Crippen LogP contribution < -0.4 is 4.74 Å². The van der Waals surface area contributed by atoms with E-state index in [2.05, 4.69) is 4.98 Å². The van der Waals surface area contributed by atoms with E-state index in [4.69, 9.17) is 4.74 Å². The first-order valence-electron chi connectivity index (χ1n) is 5.04. The number of pyridine rings is 1. The lowest BCUT2D eigenvalue weighted by atomic mass is 10.2. The SMILES string of the molecule is O=C(Oc1ccc([N+](=O)[O-])cn1)c1ccccc1. The smallest absolute Gasteiger partial charge is 0.344 e. The quantitative estimate of drug-likeness (QED) is 0.469. The highest BCUT2D eigenvalue weighted by molar-refractivity contribution is 5.90. The molecule has 0 saturated heterocycles. The van der Waals surface area contributed by atoms with Crippen molar-refractivity contribution in [2.45, 2.75) is 0 Å². The number of rotatable bonds is 3. The molecule has 6 heteroatoms. The van der Waals surface area contributed by atoms with E-state index in [9.17, 15) is 14.9 Å². The number of carbonyl (C=O) groups excluding carboxylic acids is 1. The molecule has 0 atom stereocenters. The minimum absolute atomic E-state index is 0.0226. The van der Waals surface area contributed by atoms with E-state index in [1.165, 1.54) is 12.1 Å². The van der Waals surface area contributed by atoms with E-state index in [0.717, 1.165) is 6.20 Å². The van der Waals surface area contributed by atoms with E-state index < -0.39 is 10.9 Å². The van der Waals surface area contributed by atoms with Gasteiger partial charge in [-0.05, 0) is 12.1 Å². The van der Waals surface area contributed by atoms with Crippen molar-refractivity contribution in [3.63, 3.8) is 0 Å². The van der Waals surface area contributed by atoms with Crippen LogP contribution in [-0.2, 0) is 0 Å². The number of esters is 1. The molecule has 0 unspecified atom stereocenters. The van der Waals surface area contributed by atoms with Gasteiger partial charge in [-0.1, -0.05) is 18.2 Å². The highest BCUT2D eigenvalue weighted by Gasteiger charge is 2.10. The topological polar surface area (TPSA) is 82.3 Å². The molecule has 0 N–H and O–H groups in total. The molecule has 0 radical (unpaired) electrons. The standard InChI is InChI=1S/C12H8N2O4/c15-12(9-4-2-1-3-5-9)18-11-7-6-10(8-13-11)14(16)17/h1-8H. The molecule has 0 fully saturated rings. The van der Waals surface area contributed by atoms with Crippen molar-refractivity contribution in [1.82, 2.24) is 4.98 Å². The summed E-state index contributed by atoms with van der Waals surface area (Å²) < 4.78 is 4.96. The molecule has 90 valence electrons. The highest BCUT2D eigenvalue weighted by atomic mass is 16.6. The number of hydrogen-bond acceptors (Lipinski definition) is 5. The van der Waals surface area contributed by atoms with Crippen molar-refractivity contribution in [2.75, 3.05) is 0 Å². The Labute approximate surface area is 102 Å². The lowest BCUT2D eigenvalue weighted by molar-refractivity contribution is -0.385. The van der Waals surface area contributed by atoms with Crippen LogP contribution in [0.1, 0.15) is 10.4 Å². The summed E-state index contributed by atoms with van der Waals surface area (Å²) >= 11 is 0. The molecule has 0 aliphatic carbocycles. The van der Waals surface area contributed by atoms with Gasteiger partial charge in [-0.3, -0.25) is 10.1 Å². The van der Waals surface area contributed by atoms with E-state index in [1.807, 2.05) is 0 Å². The van der Waals surface area contributed by atoms with Crippen LogP contribution in [0.2, 0.25) is 0 Å². The Morgan fingerprint density at radius 1 is 1.17 bits per heavy atom. The van der Waals surface area contributed by atoms with Crippen LogP contribution in [0.4, 0.5) is 5.69 Å². The van der Waals surface area contributed by atoms with E-state index >= 15 is 0 Å². The summed E-state index contributed by atoms with van der Waals surface area (Å²) in [5, 5.41) is 10.4. The van der Waals surface area contributed by atoms with Gasteiger partial charge in [0.25, 0.3) is 5.69 Å². The number of nitro groups is 1. The number of carbonyl (C=O) groups is 1. The summed E-state index contributed by atoms with van der Waals surface area (Å²) in [5.41, 5.74) is 0.229. The minimum atomic E-state index is -0.574. The van der Waals surface area contributed by atoms with Crippen molar-refractivity contribution in [3.8, 4) is 5.88 Å². The second-order valence-electron chi connectivity index (χ2n) is 3.37. The first-order valence-corrected chi connectivity index (χ1v) is 5.04. The van der Waals surface area contributed by atoms with Crippen molar-refractivity contribution >= 4 is 11.7 Å². The Balaban J connectivity index is 2.10. The zero-order valence-corrected chi connectivity index (χ0v) is 9.15. The van der Waals surface area contributed by atoms with Gasteiger partial charge in [0.05, 0.1) is 10.5 Å². The molecule has 0 aliphatic heterocycles. The Hall–Kier alpha value is -2.76. The third-order valence-electron chi connectivity index (χ3n) is 2.14. The van der Waals surface area contributed by atoms with Crippen LogP contribution >= 0.6 is 0 Å². The number of ether oxygens (including phenoxy) is 1. The summed E-state index contributed by atoms with van der Waals surface area (Å²) in [4.78, 5) is 25.2. The second-order valence-corrected chi connectivity index (χ2v) is 3.37. The number of nitrogens with zero attached hydrogens (tertiary/aromatic N) is 2. The molecule has 18 heavy (non-hydrogen) atoms. The molecule has 0 spiro atoms. The van der Waals surface area contributed by atoms with Gasteiger partial charge in [-0.15, -0.1) is 0 Å². The Morgan fingerprint density at radius 3 is 2.44 bits per heavy atom. The Bertz CT molecular complexity index is 566. The Morgan fingerprint density at radius 2 is 1.89 bits per heavy atom. The van der Waals surface area contributed by atoms with Crippen molar-refractivity contribution < 1.29 is 14.5 Å². The van der Waals surface area contributed by atoms with Gasteiger partial charge in [0, 0.05) is 12.1 Å². The first kappa shape index (κ1) is 11.7. The third-order valence-corrected chi connectivity index (χ3v) is 2.14. The first-order chi connectivity index (χ1) is 8.66. The predicted octanol–water partition coefficient (Wildman–Crippen LogP) is 2.21. The van der Waals surface area contributed by atoms with Gasteiger partial charge < -0.3 is 4.74 Å². The summed E-state index contributed by atoms with van der Waals surface area (Å²) in [6.45, 7) is 0. The average Bonchev–Trinajstić information content (AvgIpc) is 2.40. The van der Waals surface area contributed by atoms with Crippen LogP contribution in [-0.4, -0.2) is 15.9 Å². The van der Waals surface area contributed by atoms with E-state index in [-0.39, 0.29) is 11.6 Å². The molecule has 0 amide bonds. The number of aromatic nitrogens is 1. The summed E-state index contributed by atoms with van der Waals surface area (Å²) in [5.74, 6) is -0.536. The molecule has 0 bridgehead atoms. The van der Waals surface area contributed by atoms with Crippen LogP contribution in [0.5, 0.6) is 5.88 Å². The maximum atomic E-state index is 11.6. The van der Waals surface area contributed by atoms with Gasteiger partial charge in [0.2, 0.25) is 5.88 Å². The maximum absolute atomic E-state index is 11.6. The van der Waals surface area contributed by atoms with Crippen molar-refractivity contribution in [2.24, 2.45) is 0 Å². The molecule has 2 rings (SSSR count). The monoisotopic (exact) mass is 244 g/mol. The molecule has 0 saturated carbocycles. The van der Waals surface area contributed by atoms with Crippen molar-refractivity contribution in [3.05, 3.63) is 64.3 Å². The van der Waals surface area contributed by atoms with Gasteiger partial charge >= 0.3 is 5.97 Å². The normalized spacial score (nSPS) is 9.78. The molecular weight excluding hydrogens is 236 g/mol. The van der Waals surface area contributed by atoms with Crippen LogP contribution in [0.3, 0.4) is 0 Å². The Kier molecular flexibility index (Phi) is 3.29. The predicted molar refractivity (Wildman–Crippen MR) is 62.3 cm³/mol.